The van der Waals surface area contributed by atoms with E-state index in [-0.39, 0.29) is 40.0 Å². The number of carbonyl (C=O) groups is 1. The molecule has 1 atom stereocenters. The maximum Gasteiger partial charge on any atom is 0.303 e. The molecule has 0 bridgehead atoms. The standard InChI is InChI=1S/C31H38Cl2N2O5S/c1-31(2,17-7-10-22-8-5-4-6-9-22)34-20-26(36)21-35(3)41(39,40)30-27(18-25(32)19-28(30)33)24-14-11-23(12-15-24)13-16-29(37)38/h4-6,8-9,11-12,14-15,18-19,26,34,36H,7,10,13,16-17,20-21H2,1-3H3,(H,37,38). The molecule has 1 unspecified atom stereocenters. The fourth-order valence-corrected chi connectivity index (χ4v) is 6.84. The first-order valence-corrected chi connectivity index (χ1v) is 15.7. The van der Waals surface area contributed by atoms with Crippen molar-refractivity contribution in [2.75, 3.05) is 20.1 Å². The van der Waals surface area contributed by atoms with E-state index < -0.39 is 22.1 Å². The van der Waals surface area contributed by atoms with Crippen LogP contribution >= 0.6 is 23.2 Å². The molecular weight excluding hydrogens is 583 g/mol. The number of benzene rings is 3. The average Bonchev–Trinajstić information content (AvgIpc) is 2.91. The number of halogens is 2. The first kappa shape index (κ1) is 33.0. The Bertz CT molecular complexity index is 1410. The molecule has 0 aliphatic heterocycles. The Hall–Kier alpha value is -2.46. The number of nitrogens with zero attached hydrogens (tertiary/aromatic N) is 1. The Morgan fingerprint density at radius 3 is 2.27 bits per heavy atom. The number of sulfonamides is 1. The zero-order valence-electron chi connectivity index (χ0n) is 23.6. The van der Waals surface area contributed by atoms with Gasteiger partial charge in [0.2, 0.25) is 10.0 Å². The molecule has 0 aliphatic carbocycles. The van der Waals surface area contributed by atoms with Gasteiger partial charge < -0.3 is 15.5 Å². The molecule has 41 heavy (non-hydrogen) atoms. The SMILES string of the molecule is CN(CC(O)CNC(C)(C)CCCc1ccccc1)S(=O)(=O)c1c(Cl)cc(Cl)cc1-c1ccc(CCC(=O)O)cc1. The highest BCUT2D eigenvalue weighted by atomic mass is 35.5. The van der Waals surface area contributed by atoms with Gasteiger partial charge in [0.25, 0.3) is 0 Å². The molecular formula is C31H38Cl2N2O5S. The molecule has 0 radical (unpaired) electrons. The van der Waals surface area contributed by atoms with Gasteiger partial charge in [-0.3, -0.25) is 4.79 Å². The minimum atomic E-state index is -4.11. The number of aryl methyl sites for hydroxylation is 2. The van der Waals surface area contributed by atoms with Crippen LogP contribution in [0.3, 0.4) is 0 Å². The Morgan fingerprint density at radius 2 is 1.63 bits per heavy atom. The lowest BCUT2D eigenvalue weighted by Gasteiger charge is -2.29. The Balaban J connectivity index is 1.68. The summed E-state index contributed by atoms with van der Waals surface area (Å²) < 4.78 is 28.5. The van der Waals surface area contributed by atoms with E-state index in [1.807, 2.05) is 18.2 Å². The van der Waals surface area contributed by atoms with Crippen molar-refractivity contribution in [3.05, 3.63) is 87.9 Å². The predicted molar refractivity (Wildman–Crippen MR) is 165 cm³/mol. The van der Waals surface area contributed by atoms with Gasteiger partial charge in [-0.2, -0.15) is 4.31 Å². The van der Waals surface area contributed by atoms with Crippen molar-refractivity contribution in [2.45, 2.75) is 62.5 Å². The van der Waals surface area contributed by atoms with E-state index in [9.17, 15) is 18.3 Å². The van der Waals surface area contributed by atoms with E-state index >= 15 is 0 Å². The second-order valence-corrected chi connectivity index (χ2v) is 13.7. The fourth-order valence-electron chi connectivity index (χ4n) is 4.62. The molecule has 0 aliphatic rings. The highest BCUT2D eigenvalue weighted by Gasteiger charge is 2.30. The number of likely N-dealkylation sites (N-methyl/N-ethyl adjacent to an activating group) is 1. The zero-order chi connectivity index (χ0) is 30.2. The van der Waals surface area contributed by atoms with E-state index in [4.69, 9.17) is 28.3 Å². The van der Waals surface area contributed by atoms with Crippen LogP contribution in [0.15, 0.2) is 71.6 Å². The summed E-state index contributed by atoms with van der Waals surface area (Å²) in [6.45, 7) is 4.22. The van der Waals surface area contributed by atoms with Crippen LogP contribution in [0, 0.1) is 0 Å². The van der Waals surface area contributed by atoms with Crippen LogP contribution in [0.5, 0.6) is 0 Å². The minimum absolute atomic E-state index is 0.00514. The van der Waals surface area contributed by atoms with Gasteiger partial charge >= 0.3 is 5.97 Å². The minimum Gasteiger partial charge on any atom is -0.481 e. The molecule has 222 valence electrons. The van der Waals surface area contributed by atoms with Crippen LogP contribution in [-0.4, -0.2) is 60.7 Å². The van der Waals surface area contributed by atoms with Crippen LogP contribution in [0.4, 0.5) is 0 Å². The van der Waals surface area contributed by atoms with Gasteiger partial charge in [-0.15, -0.1) is 0 Å². The fraction of sp³-hybridized carbons (Fsp3) is 0.387. The third-order valence-electron chi connectivity index (χ3n) is 6.96. The summed E-state index contributed by atoms with van der Waals surface area (Å²) in [5.41, 5.74) is 2.75. The quantitative estimate of drug-likeness (QED) is 0.191. The molecule has 0 aromatic heterocycles. The highest BCUT2D eigenvalue weighted by molar-refractivity contribution is 7.89. The Morgan fingerprint density at radius 1 is 1.00 bits per heavy atom. The predicted octanol–water partition coefficient (Wildman–Crippen LogP) is 6.05. The van der Waals surface area contributed by atoms with E-state index in [2.05, 4.69) is 31.3 Å². The van der Waals surface area contributed by atoms with Gasteiger partial charge in [-0.05, 0) is 68.4 Å². The molecule has 3 N–H and O–H groups in total. The number of aliphatic hydroxyl groups is 1. The maximum absolute atomic E-state index is 13.7. The molecule has 3 aromatic carbocycles. The lowest BCUT2D eigenvalue weighted by molar-refractivity contribution is -0.136. The summed E-state index contributed by atoms with van der Waals surface area (Å²) in [6, 6.07) is 20.1. The summed E-state index contributed by atoms with van der Waals surface area (Å²) in [4.78, 5) is 10.8. The van der Waals surface area contributed by atoms with Crippen molar-refractivity contribution in [3.63, 3.8) is 0 Å². The molecule has 0 heterocycles. The van der Waals surface area contributed by atoms with E-state index in [1.165, 1.54) is 24.7 Å². The second-order valence-electron chi connectivity index (χ2n) is 10.9. The molecule has 0 amide bonds. The topological polar surface area (TPSA) is 107 Å². The number of hydrogen-bond donors (Lipinski definition) is 3. The van der Waals surface area contributed by atoms with Gasteiger partial charge in [0, 0.05) is 42.7 Å². The number of hydrogen-bond acceptors (Lipinski definition) is 5. The first-order chi connectivity index (χ1) is 19.3. The second kappa shape index (κ2) is 14.6. The van der Waals surface area contributed by atoms with Gasteiger partial charge in [0.05, 0.1) is 11.1 Å². The van der Waals surface area contributed by atoms with Gasteiger partial charge in [0.1, 0.15) is 4.90 Å². The molecule has 0 spiro atoms. The monoisotopic (exact) mass is 620 g/mol. The number of aliphatic carboxylic acids is 1. The molecule has 0 saturated carbocycles. The summed E-state index contributed by atoms with van der Waals surface area (Å²) in [5, 5.41) is 23.3. The number of carboxylic acid groups (broad SMARTS) is 1. The van der Waals surface area contributed by atoms with Crippen LogP contribution in [-0.2, 0) is 27.7 Å². The van der Waals surface area contributed by atoms with Crippen molar-refractivity contribution in [1.82, 2.24) is 9.62 Å². The summed E-state index contributed by atoms with van der Waals surface area (Å²) >= 11 is 12.7. The summed E-state index contributed by atoms with van der Waals surface area (Å²) in [5.74, 6) is -0.892. The van der Waals surface area contributed by atoms with Gasteiger partial charge in [0.15, 0.2) is 0 Å². The highest BCUT2D eigenvalue weighted by Crippen LogP contribution is 2.37. The number of rotatable bonds is 15. The normalized spacial score (nSPS) is 13.0. The summed E-state index contributed by atoms with van der Waals surface area (Å²) in [7, 11) is -2.70. The molecule has 0 saturated heterocycles. The molecule has 3 rings (SSSR count). The maximum atomic E-state index is 13.7. The summed E-state index contributed by atoms with van der Waals surface area (Å²) in [6.07, 6.45) is 2.23. The van der Waals surface area contributed by atoms with Crippen LogP contribution in [0.2, 0.25) is 10.0 Å². The zero-order valence-corrected chi connectivity index (χ0v) is 25.9. The third kappa shape index (κ3) is 9.81. The lowest BCUT2D eigenvalue weighted by Crippen LogP contribution is -2.46. The van der Waals surface area contributed by atoms with Crippen molar-refractivity contribution in [1.29, 1.82) is 0 Å². The van der Waals surface area contributed by atoms with Gasteiger partial charge in [-0.25, -0.2) is 8.42 Å². The van der Waals surface area contributed by atoms with E-state index in [0.717, 1.165) is 29.1 Å². The number of aliphatic hydroxyl groups excluding tert-OH is 1. The van der Waals surface area contributed by atoms with Crippen LogP contribution in [0.25, 0.3) is 11.1 Å². The smallest absolute Gasteiger partial charge is 0.303 e. The van der Waals surface area contributed by atoms with Crippen molar-refractivity contribution in [2.24, 2.45) is 0 Å². The van der Waals surface area contributed by atoms with Crippen LogP contribution < -0.4 is 5.32 Å². The number of carboxylic acids is 1. The van der Waals surface area contributed by atoms with Crippen LogP contribution in [0.1, 0.15) is 44.2 Å². The van der Waals surface area contributed by atoms with Crippen molar-refractivity contribution >= 4 is 39.2 Å². The third-order valence-corrected chi connectivity index (χ3v) is 9.52. The number of β-amino-alcohol motifs (C(OH)–C–C–N with tert-alkyl or cyclic N) is 1. The average molecular weight is 622 g/mol. The van der Waals surface area contributed by atoms with Gasteiger partial charge in [-0.1, -0.05) is 77.8 Å². The van der Waals surface area contributed by atoms with E-state index in [1.54, 1.807) is 24.3 Å². The van der Waals surface area contributed by atoms with Crippen molar-refractivity contribution < 1.29 is 23.4 Å². The van der Waals surface area contributed by atoms with Crippen molar-refractivity contribution in [3.8, 4) is 11.1 Å². The largest absolute Gasteiger partial charge is 0.481 e. The molecule has 0 fully saturated rings. The Labute approximate surface area is 253 Å². The molecule has 3 aromatic rings. The molecule has 7 nitrogen and oxygen atoms in total. The first-order valence-electron chi connectivity index (χ1n) is 13.5. The number of nitrogens with one attached hydrogen (secondary N) is 1. The lowest BCUT2D eigenvalue weighted by atomic mass is 9.95. The molecule has 10 heteroatoms. The van der Waals surface area contributed by atoms with E-state index in [0.29, 0.717) is 17.5 Å². The Kier molecular flexibility index (Phi) is 11.8.